The summed E-state index contributed by atoms with van der Waals surface area (Å²) in [5, 5.41) is 0. The van der Waals surface area contributed by atoms with E-state index >= 15 is 0 Å². The van der Waals surface area contributed by atoms with E-state index in [1.165, 1.54) is 17.7 Å². The Hall–Kier alpha value is -1.70. The molecule has 0 saturated heterocycles. The van der Waals surface area contributed by atoms with Gasteiger partial charge in [-0.1, -0.05) is 62.4 Å². The Morgan fingerprint density at radius 3 is 1.58 bits per heavy atom. The number of halogens is 2. The highest BCUT2D eigenvalue weighted by Gasteiger charge is 2.23. The van der Waals surface area contributed by atoms with Gasteiger partial charge >= 0.3 is 0 Å². The molecule has 2 heteroatoms. The molecule has 0 aliphatic rings. The number of rotatable bonds is 3. The zero-order chi connectivity index (χ0) is 14.0. The predicted molar refractivity (Wildman–Crippen MR) is 75.5 cm³/mol. The quantitative estimate of drug-likeness (QED) is 0.675. The van der Waals surface area contributed by atoms with Crippen LogP contribution in [0.15, 0.2) is 48.5 Å². The van der Waals surface area contributed by atoms with Gasteiger partial charge in [-0.25, -0.2) is 8.78 Å². The molecule has 0 bridgehead atoms. The van der Waals surface area contributed by atoms with Crippen LogP contribution in [0.25, 0.3) is 11.1 Å². The van der Waals surface area contributed by atoms with Gasteiger partial charge in [0.25, 0.3) is 5.92 Å². The summed E-state index contributed by atoms with van der Waals surface area (Å²) in [6.45, 7) is 5.21. The SMILES string of the molecule is CC(C)c1ccc(-c2ccc(C(C)(F)F)cc2)cc1. The number of hydrogen-bond acceptors (Lipinski definition) is 0. The average Bonchev–Trinajstić information content (AvgIpc) is 2.38. The van der Waals surface area contributed by atoms with Gasteiger partial charge in [0.1, 0.15) is 0 Å². The van der Waals surface area contributed by atoms with E-state index in [1.54, 1.807) is 12.1 Å². The summed E-state index contributed by atoms with van der Waals surface area (Å²) in [7, 11) is 0. The van der Waals surface area contributed by atoms with Gasteiger partial charge in [-0.3, -0.25) is 0 Å². The minimum atomic E-state index is -2.78. The Bertz CT molecular complexity index is 531. The molecule has 2 rings (SSSR count). The largest absolute Gasteiger partial charge is 0.270 e. The predicted octanol–water partition coefficient (Wildman–Crippen LogP) is 5.59. The van der Waals surface area contributed by atoms with Crippen molar-refractivity contribution in [1.82, 2.24) is 0 Å². The van der Waals surface area contributed by atoms with Gasteiger partial charge in [0.2, 0.25) is 0 Å². The molecule has 19 heavy (non-hydrogen) atoms. The molecule has 0 aromatic heterocycles. The van der Waals surface area contributed by atoms with Gasteiger partial charge in [0.15, 0.2) is 0 Å². The molecule has 100 valence electrons. The van der Waals surface area contributed by atoms with Crippen molar-refractivity contribution < 1.29 is 8.78 Å². The Morgan fingerprint density at radius 1 is 0.789 bits per heavy atom. The summed E-state index contributed by atoms with van der Waals surface area (Å²) >= 11 is 0. The van der Waals surface area contributed by atoms with Crippen molar-refractivity contribution in [3.8, 4) is 11.1 Å². The van der Waals surface area contributed by atoms with Gasteiger partial charge in [0.05, 0.1) is 0 Å². The van der Waals surface area contributed by atoms with Crippen molar-refractivity contribution in [3.05, 3.63) is 59.7 Å². The van der Waals surface area contributed by atoms with E-state index in [2.05, 4.69) is 26.0 Å². The summed E-state index contributed by atoms with van der Waals surface area (Å²) < 4.78 is 26.3. The van der Waals surface area contributed by atoms with Crippen molar-refractivity contribution in [3.63, 3.8) is 0 Å². The molecule has 2 aromatic carbocycles. The molecule has 0 spiro atoms. The third-order valence-corrected chi connectivity index (χ3v) is 3.30. The monoisotopic (exact) mass is 260 g/mol. The van der Waals surface area contributed by atoms with Crippen molar-refractivity contribution >= 4 is 0 Å². The maximum atomic E-state index is 13.1. The summed E-state index contributed by atoms with van der Waals surface area (Å²) in [6, 6.07) is 14.7. The number of alkyl halides is 2. The summed E-state index contributed by atoms with van der Waals surface area (Å²) in [6.07, 6.45) is 0. The minimum absolute atomic E-state index is 0.0510. The topological polar surface area (TPSA) is 0 Å². The van der Waals surface area contributed by atoms with E-state index in [0.29, 0.717) is 5.92 Å². The first-order valence-electron chi connectivity index (χ1n) is 6.46. The van der Waals surface area contributed by atoms with Gasteiger partial charge < -0.3 is 0 Å². The zero-order valence-corrected chi connectivity index (χ0v) is 11.5. The lowest BCUT2D eigenvalue weighted by Crippen LogP contribution is -2.06. The van der Waals surface area contributed by atoms with Gasteiger partial charge in [0, 0.05) is 12.5 Å². The Labute approximate surface area is 113 Å². The van der Waals surface area contributed by atoms with Crippen LogP contribution in [0, 0.1) is 0 Å². The first kappa shape index (κ1) is 13.7. The normalized spacial score (nSPS) is 11.9. The summed E-state index contributed by atoms with van der Waals surface area (Å²) in [5.41, 5.74) is 3.34. The molecule has 0 amide bonds. The maximum Gasteiger partial charge on any atom is 0.270 e. The number of hydrogen-bond donors (Lipinski definition) is 0. The lowest BCUT2D eigenvalue weighted by atomic mass is 9.98. The molecule has 0 fully saturated rings. The third-order valence-electron chi connectivity index (χ3n) is 3.30. The van der Waals surface area contributed by atoms with Crippen LogP contribution in [0.4, 0.5) is 8.78 Å². The van der Waals surface area contributed by atoms with E-state index < -0.39 is 5.92 Å². The minimum Gasteiger partial charge on any atom is -0.202 e. The van der Waals surface area contributed by atoms with Crippen LogP contribution in [0.2, 0.25) is 0 Å². The van der Waals surface area contributed by atoms with E-state index in [0.717, 1.165) is 18.1 Å². The molecule has 0 N–H and O–H groups in total. The highest BCUT2D eigenvalue weighted by Crippen LogP contribution is 2.29. The van der Waals surface area contributed by atoms with Crippen LogP contribution >= 0.6 is 0 Å². The van der Waals surface area contributed by atoms with E-state index in [-0.39, 0.29) is 5.56 Å². The molecular formula is C17H18F2. The van der Waals surface area contributed by atoms with Crippen LogP contribution < -0.4 is 0 Å². The van der Waals surface area contributed by atoms with Crippen LogP contribution in [0.3, 0.4) is 0 Å². The average molecular weight is 260 g/mol. The van der Waals surface area contributed by atoms with Crippen molar-refractivity contribution in [2.24, 2.45) is 0 Å². The van der Waals surface area contributed by atoms with Crippen LogP contribution in [0.5, 0.6) is 0 Å². The van der Waals surface area contributed by atoms with Crippen LogP contribution in [-0.2, 0) is 5.92 Å². The first-order valence-corrected chi connectivity index (χ1v) is 6.46. The second kappa shape index (κ2) is 5.12. The third kappa shape index (κ3) is 3.19. The van der Waals surface area contributed by atoms with Crippen LogP contribution in [0.1, 0.15) is 37.8 Å². The fraction of sp³-hybridized carbons (Fsp3) is 0.294. The molecule has 0 nitrogen and oxygen atoms in total. The summed E-state index contributed by atoms with van der Waals surface area (Å²) in [4.78, 5) is 0. The molecule has 0 heterocycles. The molecular weight excluding hydrogens is 242 g/mol. The van der Waals surface area contributed by atoms with Gasteiger partial charge in [-0.15, -0.1) is 0 Å². The van der Waals surface area contributed by atoms with Crippen molar-refractivity contribution in [2.75, 3.05) is 0 Å². The first-order chi connectivity index (χ1) is 8.88. The maximum absolute atomic E-state index is 13.1. The number of benzene rings is 2. The highest BCUT2D eigenvalue weighted by atomic mass is 19.3. The lowest BCUT2D eigenvalue weighted by Gasteiger charge is -2.11. The molecule has 0 aliphatic heterocycles. The summed E-state index contributed by atoms with van der Waals surface area (Å²) in [5.74, 6) is -2.28. The Kier molecular flexibility index (Phi) is 3.70. The zero-order valence-electron chi connectivity index (χ0n) is 11.5. The molecule has 0 aliphatic carbocycles. The molecule has 0 saturated carbocycles. The Morgan fingerprint density at radius 2 is 1.21 bits per heavy atom. The molecule has 0 atom stereocenters. The smallest absolute Gasteiger partial charge is 0.202 e. The fourth-order valence-corrected chi connectivity index (χ4v) is 2.02. The Balaban J connectivity index is 2.27. The lowest BCUT2D eigenvalue weighted by molar-refractivity contribution is 0.0175. The van der Waals surface area contributed by atoms with Gasteiger partial charge in [-0.2, -0.15) is 0 Å². The van der Waals surface area contributed by atoms with E-state index in [1.807, 2.05) is 12.1 Å². The van der Waals surface area contributed by atoms with Gasteiger partial charge in [-0.05, 0) is 22.6 Å². The second-order valence-electron chi connectivity index (χ2n) is 5.24. The van der Waals surface area contributed by atoms with E-state index in [4.69, 9.17) is 0 Å². The van der Waals surface area contributed by atoms with Crippen molar-refractivity contribution in [1.29, 1.82) is 0 Å². The molecule has 0 radical (unpaired) electrons. The molecule has 2 aromatic rings. The second-order valence-corrected chi connectivity index (χ2v) is 5.24. The van der Waals surface area contributed by atoms with Crippen molar-refractivity contribution in [2.45, 2.75) is 32.6 Å². The molecule has 0 unspecified atom stereocenters. The van der Waals surface area contributed by atoms with E-state index in [9.17, 15) is 8.78 Å². The standard InChI is InChI=1S/C17H18F2/c1-12(2)13-4-6-14(7-5-13)15-8-10-16(11-9-15)17(3,18)19/h4-12H,1-3H3. The highest BCUT2D eigenvalue weighted by molar-refractivity contribution is 5.64. The van der Waals surface area contributed by atoms with Crippen LogP contribution in [-0.4, -0.2) is 0 Å². The fourth-order valence-electron chi connectivity index (χ4n) is 2.02.